The number of nitrogen functional groups attached to an aromatic ring is 1. The standard InChI is InChI=1S/C13H12ClN3O2/c1-7-4-9(14)2-3-11(7)17-12-10(15)5-8(6-16-12)13(18)19/h2-6H,15H2,1H3,(H,16,17)(H,18,19). The zero-order valence-corrected chi connectivity index (χ0v) is 10.9. The van der Waals surface area contributed by atoms with Crippen LogP contribution < -0.4 is 11.1 Å². The first-order valence-electron chi connectivity index (χ1n) is 5.49. The Hall–Kier alpha value is -2.27. The monoisotopic (exact) mass is 277 g/mol. The summed E-state index contributed by atoms with van der Waals surface area (Å²) in [6.45, 7) is 1.90. The average molecular weight is 278 g/mol. The lowest BCUT2D eigenvalue weighted by molar-refractivity contribution is 0.0696. The first kappa shape index (κ1) is 13.2. The predicted molar refractivity (Wildman–Crippen MR) is 75.1 cm³/mol. The van der Waals surface area contributed by atoms with E-state index in [0.29, 0.717) is 10.8 Å². The van der Waals surface area contributed by atoms with E-state index in [2.05, 4.69) is 10.3 Å². The summed E-state index contributed by atoms with van der Waals surface area (Å²) in [4.78, 5) is 14.8. The van der Waals surface area contributed by atoms with E-state index in [9.17, 15) is 4.79 Å². The van der Waals surface area contributed by atoms with E-state index in [1.807, 2.05) is 19.1 Å². The largest absolute Gasteiger partial charge is 0.478 e. The quantitative estimate of drug-likeness (QED) is 0.802. The number of rotatable bonds is 3. The van der Waals surface area contributed by atoms with Crippen molar-refractivity contribution in [1.82, 2.24) is 4.98 Å². The topological polar surface area (TPSA) is 88.2 Å². The van der Waals surface area contributed by atoms with E-state index in [1.54, 1.807) is 6.07 Å². The number of halogens is 1. The summed E-state index contributed by atoms with van der Waals surface area (Å²) >= 11 is 5.87. The van der Waals surface area contributed by atoms with Crippen LogP contribution in [0.4, 0.5) is 17.2 Å². The number of nitrogens with one attached hydrogen (secondary N) is 1. The Morgan fingerprint density at radius 2 is 2.16 bits per heavy atom. The fourth-order valence-electron chi connectivity index (χ4n) is 1.60. The smallest absolute Gasteiger partial charge is 0.337 e. The van der Waals surface area contributed by atoms with Crippen molar-refractivity contribution in [1.29, 1.82) is 0 Å². The molecule has 6 heteroatoms. The molecule has 0 saturated heterocycles. The maximum Gasteiger partial charge on any atom is 0.337 e. The summed E-state index contributed by atoms with van der Waals surface area (Å²) in [5.74, 6) is -0.649. The van der Waals surface area contributed by atoms with Gasteiger partial charge in [0.05, 0.1) is 11.3 Å². The number of carboxylic acid groups (broad SMARTS) is 1. The molecule has 0 amide bonds. The van der Waals surface area contributed by atoms with Gasteiger partial charge in [-0.2, -0.15) is 0 Å². The first-order chi connectivity index (χ1) is 8.97. The van der Waals surface area contributed by atoms with Gasteiger partial charge in [0, 0.05) is 16.9 Å². The van der Waals surface area contributed by atoms with E-state index in [-0.39, 0.29) is 11.3 Å². The number of pyridine rings is 1. The zero-order valence-electron chi connectivity index (χ0n) is 10.1. The van der Waals surface area contributed by atoms with E-state index < -0.39 is 5.97 Å². The third-order valence-corrected chi connectivity index (χ3v) is 2.84. The van der Waals surface area contributed by atoms with Crippen LogP contribution in [0, 0.1) is 6.92 Å². The van der Waals surface area contributed by atoms with Gasteiger partial charge < -0.3 is 16.2 Å². The number of aromatic carboxylic acids is 1. The number of anilines is 3. The lowest BCUT2D eigenvalue weighted by atomic mass is 10.2. The molecule has 0 radical (unpaired) electrons. The number of nitrogens with two attached hydrogens (primary N) is 1. The van der Waals surface area contributed by atoms with Gasteiger partial charge in [-0.1, -0.05) is 11.6 Å². The normalized spacial score (nSPS) is 10.2. The van der Waals surface area contributed by atoms with Gasteiger partial charge in [0.2, 0.25) is 0 Å². The van der Waals surface area contributed by atoms with Gasteiger partial charge in [0.25, 0.3) is 0 Å². The van der Waals surface area contributed by atoms with Crippen molar-refractivity contribution < 1.29 is 9.90 Å². The van der Waals surface area contributed by atoms with Crippen LogP contribution in [0.15, 0.2) is 30.5 Å². The molecule has 4 N–H and O–H groups in total. The van der Waals surface area contributed by atoms with Crippen molar-refractivity contribution in [2.45, 2.75) is 6.92 Å². The minimum absolute atomic E-state index is 0.0517. The van der Waals surface area contributed by atoms with Gasteiger partial charge in [0.1, 0.15) is 0 Å². The van der Waals surface area contributed by atoms with Crippen LogP contribution in [-0.2, 0) is 0 Å². The average Bonchev–Trinajstić information content (AvgIpc) is 2.34. The summed E-state index contributed by atoms with van der Waals surface area (Å²) in [5, 5.41) is 12.5. The number of hydrogen-bond donors (Lipinski definition) is 3. The number of hydrogen-bond acceptors (Lipinski definition) is 4. The minimum Gasteiger partial charge on any atom is -0.478 e. The number of aryl methyl sites for hydroxylation is 1. The van der Waals surface area contributed by atoms with Gasteiger partial charge in [-0.15, -0.1) is 0 Å². The fourth-order valence-corrected chi connectivity index (χ4v) is 1.82. The molecule has 0 spiro atoms. The molecule has 0 fully saturated rings. The molecule has 0 atom stereocenters. The molecule has 19 heavy (non-hydrogen) atoms. The molecule has 1 heterocycles. The lowest BCUT2D eigenvalue weighted by Gasteiger charge is -2.11. The summed E-state index contributed by atoms with van der Waals surface area (Å²) in [6, 6.07) is 6.73. The Balaban J connectivity index is 2.31. The second kappa shape index (κ2) is 5.16. The Labute approximate surface area is 115 Å². The van der Waals surface area contributed by atoms with Crippen molar-refractivity contribution in [3.8, 4) is 0 Å². The van der Waals surface area contributed by atoms with E-state index >= 15 is 0 Å². The maximum absolute atomic E-state index is 10.8. The van der Waals surface area contributed by atoms with E-state index in [1.165, 1.54) is 12.3 Å². The highest BCUT2D eigenvalue weighted by atomic mass is 35.5. The van der Waals surface area contributed by atoms with Crippen molar-refractivity contribution >= 4 is 34.8 Å². The van der Waals surface area contributed by atoms with Crippen LogP contribution in [0.3, 0.4) is 0 Å². The Morgan fingerprint density at radius 3 is 2.74 bits per heavy atom. The molecule has 0 saturated carbocycles. The van der Waals surface area contributed by atoms with Crippen LogP contribution in [0.25, 0.3) is 0 Å². The van der Waals surface area contributed by atoms with Gasteiger partial charge in [-0.05, 0) is 36.8 Å². The van der Waals surface area contributed by atoms with Crippen molar-refractivity contribution in [3.63, 3.8) is 0 Å². The Bertz CT molecular complexity index is 644. The van der Waals surface area contributed by atoms with E-state index in [4.69, 9.17) is 22.4 Å². The second-order valence-electron chi connectivity index (χ2n) is 4.05. The molecule has 0 unspecified atom stereocenters. The first-order valence-corrected chi connectivity index (χ1v) is 5.87. The van der Waals surface area contributed by atoms with Crippen LogP contribution in [-0.4, -0.2) is 16.1 Å². The number of aromatic nitrogens is 1. The van der Waals surface area contributed by atoms with Crippen LogP contribution in [0.5, 0.6) is 0 Å². The highest BCUT2D eigenvalue weighted by Crippen LogP contribution is 2.25. The molecular weight excluding hydrogens is 266 g/mol. The Kier molecular flexibility index (Phi) is 3.57. The van der Waals surface area contributed by atoms with Crippen molar-refractivity contribution in [3.05, 3.63) is 46.6 Å². The van der Waals surface area contributed by atoms with Crippen molar-refractivity contribution in [2.75, 3.05) is 11.1 Å². The molecule has 1 aromatic carbocycles. The van der Waals surface area contributed by atoms with Crippen LogP contribution in [0.1, 0.15) is 15.9 Å². The number of benzene rings is 1. The summed E-state index contributed by atoms with van der Waals surface area (Å²) in [6.07, 6.45) is 1.26. The third kappa shape index (κ3) is 2.95. The molecule has 0 aliphatic heterocycles. The molecule has 0 aliphatic carbocycles. The fraction of sp³-hybridized carbons (Fsp3) is 0.0769. The molecule has 0 bridgehead atoms. The molecule has 0 aliphatic rings. The van der Waals surface area contributed by atoms with Gasteiger partial charge in [0.15, 0.2) is 5.82 Å². The molecule has 2 aromatic rings. The molecule has 5 nitrogen and oxygen atoms in total. The molecule has 1 aromatic heterocycles. The summed E-state index contributed by atoms with van der Waals surface area (Å²) < 4.78 is 0. The van der Waals surface area contributed by atoms with Crippen LogP contribution in [0.2, 0.25) is 5.02 Å². The number of carbonyl (C=O) groups is 1. The zero-order chi connectivity index (χ0) is 14.0. The van der Waals surface area contributed by atoms with Gasteiger partial charge >= 0.3 is 5.97 Å². The van der Waals surface area contributed by atoms with Gasteiger partial charge in [-0.3, -0.25) is 0 Å². The number of carboxylic acids is 1. The minimum atomic E-state index is -1.06. The molecule has 2 rings (SSSR count). The molecular formula is C13H12ClN3O2. The Morgan fingerprint density at radius 1 is 1.42 bits per heavy atom. The van der Waals surface area contributed by atoms with E-state index in [0.717, 1.165) is 11.3 Å². The number of nitrogens with zero attached hydrogens (tertiary/aromatic N) is 1. The second-order valence-corrected chi connectivity index (χ2v) is 4.49. The summed E-state index contributed by atoms with van der Waals surface area (Å²) in [7, 11) is 0. The highest BCUT2D eigenvalue weighted by Gasteiger charge is 2.08. The third-order valence-electron chi connectivity index (χ3n) is 2.61. The SMILES string of the molecule is Cc1cc(Cl)ccc1Nc1ncc(C(=O)O)cc1N. The highest BCUT2D eigenvalue weighted by molar-refractivity contribution is 6.30. The van der Waals surface area contributed by atoms with Crippen LogP contribution >= 0.6 is 11.6 Å². The van der Waals surface area contributed by atoms with Gasteiger partial charge in [-0.25, -0.2) is 9.78 Å². The molecule has 98 valence electrons. The lowest BCUT2D eigenvalue weighted by Crippen LogP contribution is -2.04. The maximum atomic E-state index is 10.8. The van der Waals surface area contributed by atoms with Crippen molar-refractivity contribution in [2.24, 2.45) is 0 Å². The summed E-state index contributed by atoms with van der Waals surface area (Å²) in [5.41, 5.74) is 7.85. The predicted octanol–water partition coefficient (Wildman–Crippen LogP) is 3.07.